The number of hydrogen-bond acceptors (Lipinski definition) is 4. The lowest BCUT2D eigenvalue weighted by Crippen LogP contribution is -2.14. The molecule has 0 amide bonds. The Morgan fingerprint density at radius 2 is 2.08 bits per heavy atom. The lowest BCUT2D eigenvalue weighted by Gasteiger charge is -2.12. The Hall–Kier alpha value is -2.60. The number of nitrogens with one attached hydrogen (secondary N) is 1. The van der Waals surface area contributed by atoms with Crippen molar-refractivity contribution in [2.75, 3.05) is 7.11 Å². The van der Waals surface area contributed by atoms with Gasteiger partial charge < -0.3 is 14.5 Å². The van der Waals surface area contributed by atoms with Crippen molar-refractivity contribution in [1.82, 2.24) is 9.97 Å². The Balaban J connectivity index is 2.24. The minimum atomic E-state index is -0.640. The molecule has 3 aromatic rings. The second-order valence-electron chi connectivity index (χ2n) is 6.15. The standard InChI is InChI=1S/C19H18ClFN2O3/c1-9(2)26-19(24)17-15-10(3)8-22-14(15)7-13(23-17)11-5-6-12(20)18(25-4)16(11)21/h5-9,22H,1-4H3. The van der Waals surface area contributed by atoms with Gasteiger partial charge in [-0.2, -0.15) is 0 Å². The minimum absolute atomic E-state index is 0.0694. The van der Waals surface area contributed by atoms with Crippen molar-refractivity contribution < 1.29 is 18.7 Å². The van der Waals surface area contributed by atoms with Crippen LogP contribution in [0.15, 0.2) is 24.4 Å². The van der Waals surface area contributed by atoms with Crippen LogP contribution >= 0.6 is 11.6 Å². The van der Waals surface area contributed by atoms with Crippen LogP contribution in [0.4, 0.5) is 4.39 Å². The number of aromatic amines is 1. The summed E-state index contributed by atoms with van der Waals surface area (Å²) >= 11 is 5.96. The van der Waals surface area contributed by atoms with Gasteiger partial charge in [-0.15, -0.1) is 0 Å². The van der Waals surface area contributed by atoms with Crippen LogP contribution in [0.1, 0.15) is 29.9 Å². The summed E-state index contributed by atoms with van der Waals surface area (Å²) in [6, 6.07) is 4.71. The molecule has 0 radical (unpaired) electrons. The number of ether oxygens (including phenoxy) is 2. The van der Waals surface area contributed by atoms with Crippen molar-refractivity contribution in [3.63, 3.8) is 0 Å². The van der Waals surface area contributed by atoms with E-state index in [2.05, 4.69) is 9.97 Å². The van der Waals surface area contributed by atoms with Crippen LogP contribution in [0.3, 0.4) is 0 Å². The lowest BCUT2D eigenvalue weighted by molar-refractivity contribution is 0.0373. The molecule has 136 valence electrons. The Kier molecular flexibility index (Phi) is 4.87. The van der Waals surface area contributed by atoms with E-state index >= 15 is 0 Å². The van der Waals surface area contributed by atoms with Crippen LogP contribution < -0.4 is 4.74 Å². The molecule has 0 saturated carbocycles. The van der Waals surface area contributed by atoms with Gasteiger partial charge >= 0.3 is 5.97 Å². The second-order valence-corrected chi connectivity index (χ2v) is 6.55. The normalized spacial score (nSPS) is 11.2. The highest BCUT2D eigenvalue weighted by atomic mass is 35.5. The molecule has 0 fully saturated rings. The number of aryl methyl sites for hydroxylation is 1. The van der Waals surface area contributed by atoms with Gasteiger partial charge in [0.1, 0.15) is 0 Å². The van der Waals surface area contributed by atoms with Gasteiger partial charge in [0.25, 0.3) is 0 Å². The highest BCUT2D eigenvalue weighted by molar-refractivity contribution is 6.32. The van der Waals surface area contributed by atoms with Crippen molar-refractivity contribution >= 4 is 28.5 Å². The first-order valence-corrected chi connectivity index (χ1v) is 8.43. The second kappa shape index (κ2) is 6.96. The summed E-state index contributed by atoms with van der Waals surface area (Å²) in [5, 5.41) is 0.811. The van der Waals surface area contributed by atoms with Crippen molar-refractivity contribution in [2.45, 2.75) is 26.9 Å². The van der Waals surface area contributed by atoms with E-state index in [9.17, 15) is 9.18 Å². The number of benzene rings is 1. The third kappa shape index (κ3) is 3.12. The third-order valence-electron chi connectivity index (χ3n) is 3.92. The van der Waals surface area contributed by atoms with Crippen LogP contribution in [-0.4, -0.2) is 29.2 Å². The maximum absolute atomic E-state index is 14.8. The molecule has 0 spiro atoms. The number of H-pyrrole nitrogens is 1. The van der Waals surface area contributed by atoms with Gasteiger partial charge in [0.2, 0.25) is 0 Å². The average Bonchev–Trinajstić information content (AvgIpc) is 2.95. The number of halogens is 2. The molecule has 0 atom stereocenters. The summed E-state index contributed by atoms with van der Waals surface area (Å²) in [6.07, 6.45) is 1.47. The van der Waals surface area contributed by atoms with Crippen LogP contribution in [0.2, 0.25) is 5.02 Å². The van der Waals surface area contributed by atoms with Crippen LogP contribution in [0.25, 0.3) is 22.2 Å². The fraction of sp³-hybridized carbons (Fsp3) is 0.263. The van der Waals surface area contributed by atoms with E-state index in [4.69, 9.17) is 21.1 Å². The van der Waals surface area contributed by atoms with Crippen LogP contribution in [0, 0.1) is 12.7 Å². The van der Waals surface area contributed by atoms with E-state index in [0.29, 0.717) is 10.9 Å². The maximum Gasteiger partial charge on any atom is 0.357 e. The zero-order valence-electron chi connectivity index (χ0n) is 14.8. The van der Waals surface area contributed by atoms with E-state index in [1.54, 1.807) is 26.1 Å². The molecule has 5 nitrogen and oxygen atoms in total. The zero-order valence-corrected chi connectivity index (χ0v) is 15.6. The number of nitrogens with zero attached hydrogens (tertiary/aromatic N) is 1. The Morgan fingerprint density at radius 3 is 2.73 bits per heavy atom. The van der Waals surface area contributed by atoms with E-state index in [0.717, 1.165) is 5.56 Å². The third-order valence-corrected chi connectivity index (χ3v) is 4.22. The number of carbonyl (C=O) groups excluding carboxylic acids is 1. The first-order valence-electron chi connectivity index (χ1n) is 8.05. The number of hydrogen-bond donors (Lipinski definition) is 1. The summed E-state index contributed by atoms with van der Waals surface area (Å²) < 4.78 is 25.1. The zero-order chi connectivity index (χ0) is 19.0. The van der Waals surface area contributed by atoms with Crippen molar-refractivity contribution in [3.8, 4) is 17.0 Å². The predicted molar refractivity (Wildman–Crippen MR) is 98.3 cm³/mol. The van der Waals surface area contributed by atoms with E-state index in [-0.39, 0.29) is 33.8 Å². The largest absolute Gasteiger partial charge is 0.492 e. The van der Waals surface area contributed by atoms with Crippen molar-refractivity contribution in [1.29, 1.82) is 0 Å². The summed E-state index contributed by atoms with van der Waals surface area (Å²) in [7, 11) is 1.34. The number of methoxy groups -OCH3 is 1. The van der Waals surface area contributed by atoms with E-state index in [1.807, 2.05) is 6.92 Å². The van der Waals surface area contributed by atoms with Gasteiger partial charge in [-0.1, -0.05) is 11.6 Å². The van der Waals surface area contributed by atoms with Crippen molar-refractivity contribution in [2.24, 2.45) is 0 Å². The average molecular weight is 377 g/mol. The summed E-state index contributed by atoms with van der Waals surface area (Å²) in [4.78, 5) is 20.0. The number of pyridine rings is 1. The molecule has 0 saturated heterocycles. The molecule has 0 bridgehead atoms. The first kappa shape index (κ1) is 18.2. The molecule has 1 N–H and O–H groups in total. The number of rotatable bonds is 4. The Bertz CT molecular complexity index is 998. The summed E-state index contributed by atoms with van der Waals surface area (Å²) in [6.45, 7) is 5.37. The molecule has 0 aliphatic heterocycles. The van der Waals surface area contributed by atoms with Crippen molar-refractivity contribution in [3.05, 3.63) is 46.5 Å². The first-order chi connectivity index (χ1) is 12.3. The Morgan fingerprint density at radius 1 is 1.35 bits per heavy atom. The molecule has 1 aromatic carbocycles. The molecule has 26 heavy (non-hydrogen) atoms. The highest BCUT2D eigenvalue weighted by Gasteiger charge is 2.22. The minimum Gasteiger partial charge on any atom is -0.492 e. The van der Waals surface area contributed by atoms with Crippen LogP contribution in [0.5, 0.6) is 5.75 Å². The molecular formula is C19H18ClFN2O3. The predicted octanol–water partition coefficient (Wildman–Crippen LogP) is 4.90. The van der Waals surface area contributed by atoms with E-state index in [1.165, 1.54) is 19.2 Å². The molecule has 2 heterocycles. The SMILES string of the molecule is COc1c(Cl)ccc(-c2cc3[nH]cc(C)c3c(C(=O)OC(C)C)n2)c1F. The smallest absolute Gasteiger partial charge is 0.357 e. The number of esters is 1. The topological polar surface area (TPSA) is 64.2 Å². The van der Waals surface area contributed by atoms with Gasteiger partial charge in [0.15, 0.2) is 17.3 Å². The van der Waals surface area contributed by atoms with Crippen LogP contribution in [-0.2, 0) is 4.74 Å². The lowest BCUT2D eigenvalue weighted by atomic mass is 10.1. The monoisotopic (exact) mass is 376 g/mol. The summed E-state index contributed by atoms with van der Waals surface area (Å²) in [5.41, 5.74) is 2.11. The quantitative estimate of drug-likeness (QED) is 0.657. The molecule has 0 aliphatic carbocycles. The Labute approximate surface area is 155 Å². The number of carbonyl (C=O) groups is 1. The van der Waals surface area contributed by atoms with Gasteiger partial charge in [-0.25, -0.2) is 14.2 Å². The molecule has 3 rings (SSSR count). The number of fused-ring (bicyclic) bond motifs is 1. The van der Waals surface area contributed by atoms with Gasteiger partial charge in [-0.05, 0) is 44.5 Å². The molecule has 2 aromatic heterocycles. The molecule has 0 unspecified atom stereocenters. The molecular weight excluding hydrogens is 359 g/mol. The van der Waals surface area contributed by atoms with Gasteiger partial charge in [-0.3, -0.25) is 0 Å². The summed E-state index contributed by atoms with van der Waals surface area (Å²) in [5.74, 6) is -1.27. The molecule has 7 heteroatoms. The number of aromatic nitrogens is 2. The fourth-order valence-electron chi connectivity index (χ4n) is 2.79. The maximum atomic E-state index is 14.8. The molecule has 0 aliphatic rings. The van der Waals surface area contributed by atoms with Gasteiger partial charge in [0.05, 0.1) is 29.4 Å². The highest BCUT2D eigenvalue weighted by Crippen LogP contribution is 2.35. The van der Waals surface area contributed by atoms with Gasteiger partial charge in [0, 0.05) is 17.1 Å². The van der Waals surface area contributed by atoms with E-state index < -0.39 is 11.8 Å². The fourth-order valence-corrected chi connectivity index (χ4v) is 3.01.